The van der Waals surface area contributed by atoms with Crippen LogP contribution >= 0.6 is 0 Å². The van der Waals surface area contributed by atoms with Crippen molar-refractivity contribution in [2.24, 2.45) is 22.6 Å². The predicted molar refractivity (Wildman–Crippen MR) is 166 cm³/mol. The van der Waals surface area contributed by atoms with Crippen LogP contribution in [0.1, 0.15) is 57.9 Å². The van der Waals surface area contributed by atoms with Crippen molar-refractivity contribution in [2.45, 2.75) is 70.9 Å². The van der Waals surface area contributed by atoms with E-state index in [0.717, 1.165) is 24.7 Å². The van der Waals surface area contributed by atoms with Crippen molar-refractivity contribution in [2.75, 3.05) is 39.0 Å². The molecule has 2 saturated heterocycles. The molecule has 0 aromatic heterocycles. The minimum atomic E-state index is -3.66. The van der Waals surface area contributed by atoms with Gasteiger partial charge in [-0.25, -0.2) is 13.1 Å². The Bertz CT molecular complexity index is 1280. The van der Waals surface area contributed by atoms with E-state index in [9.17, 15) is 27.6 Å². The van der Waals surface area contributed by atoms with E-state index < -0.39 is 28.0 Å². The number of esters is 1. The number of carbonyl (C=O) groups is 4. The zero-order chi connectivity index (χ0) is 32.3. The van der Waals surface area contributed by atoms with Crippen molar-refractivity contribution in [3.8, 4) is 0 Å². The van der Waals surface area contributed by atoms with Gasteiger partial charge in [0.25, 0.3) is 0 Å². The number of rotatable bonds is 13. The van der Waals surface area contributed by atoms with E-state index in [2.05, 4.69) is 15.0 Å². The van der Waals surface area contributed by atoms with Crippen molar-refractivity contribution in [3.63, 3.8) is 0 Å². The summed E-state index contributed by atoms with van der Waals surface area (Å²) in [7, 11) is -3.66. The van der Waals surface area contributed by atoms with Gasteiger partial charge in [-0.1, -0.05) is 44.2 Å². The molecule has 0 spiro atoms. The largest absolute Gasteiger partial charge is 0.465 e. The smallest absolute Gasteiger partial charge is 0.308 e. The Morgan fingerprint density at radius 1 is 1.07 bits per heavy atom. The molecule has 3 rings (SSSR count). The van der Waals surface area contributed by atoms with E-state index >= 15 is 0 Å². The number of likely N-dealkylation sites (tertiary alicyclic amines) is 2. The molecule has 0 saturated carbocycles. The van der Waals surface area contributed by atoms with Crippen LogP contribution in [0.5, 0.6) is 0 Å². The Kier molecular flexibility index (Phi) is 13.1. The molecule has 2 aliphatic heterocycles. The van der Waals surface area contributed by atoms with Crippen LogP contribution in [0.25, 0.3) is 0 Å². The fraction of sp³-hybridized carbons (Fsp3) is 0.633. The summed E-state index contributed by atoms with van der Waals surface area (Å²) in [6, 6.07) is 7.49. The Morgan fingerprint density at radius 2 is 1.75 bits per heavy atom. The minimum absolute atomic E-state index is 0.132. The maximum atomic E-state index is 13.5. The molecule has 0 unspecified atom stereocenters. The SMILES string of the molecule is CC(C)C(=O)OCCCC(=O)N=C(N)N1CCC(CNC(=O)[C@@H]2CCCN2C(=O)[C@@H](Cc2ccccc2)NS(C)(=O)=O)CC1. The summed E-state index contributed by atoms with van der Waals surface area (Å²) < 4.78 is 31.6. The fourth-order valence-corrected chi connectivity index (χ4v) is 6.04. The average Bonchev–Trinajstić information content (AvgIpc) is 3.47. The Morgan fingerprint density at radius 3 is 2.39 bits per heavy atom. The number of nitrogens with one attached hydrogen (secondary N) is 2. The number of hydrogen-bond acceptors (Lipinski definition) is 7. The van der Waals surface area contributed by atoms with Gasteiger partial charge in [0.15, 0.2) is 5.96 Å². The van der Waals surface area contributed by atoms with Gasteiger partial charge in [0, 0.05) is 32.6 Å². The fourth-order valence-electron chi connectivity index (χ4n) is 5.34. The van der Waals surface area contributed by atoms with Crippen molar-refractivity contribution >= 4 is 39.7 Å². The molecule has 1 aromatic rings. The van der Waals surface area contributed by atoms with Crippen LogP contribution in [-0.4, -0.2) is 99.0 Å². The lowest BCUT2D eigenvalue weighted by atomic mass is 9.97. The molecular weight excluding hydrogens is 588 g/mol. The minimum Gasteiger partial charge on any atom is -0.465 e. The first kappa shape index (κ1) is 35.0. The van der Waals surface area contributed by atoms with Crippen LogP contribution in [0.15, 0.2) is 35.3 Å². The van der Waals surface area contributed by atoms with Gasteiger partial charge in [0.05, 0.1) is 18.8 Å². The van der Waals surface area contributed by atoms with Gasteiger partial charge >= 0.3 is 5.97 Å². The lowest BCUT2D eigenvalue weighted by Gasteiger charge is -2.33. The lowest BCUT2D eigenvalue weighted by Crippen LogP contribution is -2.54. The molecule has 0 radical (unpaired) electrons. The summed E-state index contributed by atoms with van der Waals surface area (Å²) in [6.07, 6.45) is 4.34. The summed E-state index contributed by atoms with van der Waals surface area (Å²) in [4.78, 5) is 57.7. The third-order valence-corrected chi connectivity index (χ3v) is 8.48. The second-order valence-electron chi connectivity index (χ2n) is 11.8. The molecule has 244 valence electrons. The van der Waals surface area contributed by atoms with Crippen LogP contribution in [0.2, 0.25) is 0 Å². The Labute approximate surface area is 260 Å². The van der Waals surface area contributed by atoms with E-state index in [0.29, 0.717) is 45.4 Å². The van der Waals surface area contributed by atoms with Gasteiger partial charge in [-0.2, -0.15) is 4.99 Å². The molecule has 4 N–H and O–H groups in total. The molecule has 0 bridgehead atoms. The monoisotopic (exact) mass is 634 g/mol. The topological polar surface area (TPSA) is 181 Å². The van der Waals surface area contributed by atoms with Gasteiger partial charge in [0.2, 0.25) is 27.7 Å². The maximum Gasteiger partial charge on any atom is 0.308 e. The van der Waals surface area contributed by atoms with Crippen molar-refractivity contribution < 1.29 is 32.3 Å². The number of amides is 3. The summed E-state index contributed by atoms with van der Waals surface area (Å²) in [5, 5.41) is 2.99. The first-order valence-corrected chi connectivity index (χ1v) is 17.1. The number of carbonyl (C=O) groups excluding carboxylic acids is 4. The number of nitrogens with zero attached hydrogens (tertiary/aromatic N) is 3. The van der Waals surface area contributed by atoms with Crippen LogP contribution in [0, 0.1) is 11.8 Å². The standard InChI is InChI=1S/C30H46N6O7S/c1-21(2)29(40)43-18-8-12-26(37)33-30(31)35-16-13-23(14-17-35)20-32-27(38)25-11-7-15-36(25)28(39)24(34-44(3,41)42)19-22-9-5-4-6-10-22/h4-6,9-10,21,23-25,34H,7-8,11-20H2,1-3H3,(H,32,38)(H2,31,33,37)/t24-,25+/m1/s1. The Hall–Kier alpha value is -3.52. The van der Waals surface area contributed by atoms with E-state index in [1.807, 2.05) is 35.2 Å². The summed E-state index contributed by atoms with van der Waals surface area (Å²) in [5.41, 5.74) is 6.88. The third kappa shape index (κ3) is 11.2. The summed E-state index contributed by atoms with van der Waals surface area (Å²) in [5.74, 6) is -1.20. The molecule has 14 heteroatoms. The van der Waals surface area contributed by atoms with Crippen molar-refractivity contribution in [3.05, 3.63) is 35.9 Å². The van der Waals surface area contributed by atoms with E-state index in [1.54, 1.807) is 13.8 Å². The molecule has 0 aliphatic carbocycles. The van der Waals surface area contributed by atoms with Crippen LogP contribution in [0.3, 0.4) is 0 Å². The molecule has 2 aliphatic rings. The highest BCUT2D eigenvalue weighted by Crippen LogP contribution is 2.21. The van der Waals surface area contributed by atoms with Crippen molar-refractivity contribution in [1.82, 2.24) is 19.8 Å². The van der Waals surface area contributed by atoms with E-state index in [1.165, 1.54) is 4.90 Å². The van der Waals surface area contributed by atoms with Crippen molar-refractivity contribution in [1.29, 1.82) is 0 Å². The lowest BCUT2D eigenvalue weighted by molar-refractivity contribution is -0.147. The van der Waals surface area contributed by atoms with Gasteiger partial charge < -0.3 is 25.6 Å². The zero-order valence-electron chi connectivity index (χ0n) is 25.9. The second kappa shape index (κ2) is 16.5. The molecule has 2 heterocycles. The zero-order valence-corrected chi connectivity index (χ0v) is 26.7. The Balaban J connectivity index is 1.46. The number of benzene rings is 1. The van der Waals surface area contributed by atoms with E-state index in [4.69, 9.17) is 10.5 Å². The molecule has 3 amide bonds. The highest BCUT2D eigenvalue weighted by atomic mass is 32.2. The third-order valence-electron chi connectivity index (χ3n) is 7.77. The van der Waals surface area contributed by atoms with Gasteiger partial charge in [-0.05, 0) is 50.0 Å². The number of sulfonamides is 1. The van der Waals surface area contributed by atoms with Gasteiger partial charge in [-0.3, -0.25) is 19.2 Å². The number of hydrogen-bond donors (Lipinski definition) is 3. The maximum absolute atomic E-state index is 13.5. The number of piperidine rings is 1. The normalized spacial score (nSPS) is 18.7. The van der Waals surface area contributed by atoms with Gasteiger partial charge in [-0.15, -0.1) is 0 Å². The summed E-state index contributed by atoms with van der Waals surface area (Å²) >= 11 is 0. The molecule has 1 aromatic carbocycles. The highest BCUT2D eigenvalue weighted by molar-refractivity contribution is 7.88. The van der Waals surface area contributed by atoms with Crippen LogP contribution in [0.4, 0.5) is 0 Å². The van der Waals surface area contributed by atoms with Crippen LogP contribution in [-0.2, 0) is 40.4 Å². The number of aliphatic imine (C=N–C) groups is 1. The molecule has 44 heavy (non-hydrogen) atoms. The highest BCUT2D eigenvalue weighted by Gasteiger charge is 2.38. The molecule has 2 atom stereocenters. The first-order chi connectivity index (χ1) is 20.8. The number of nitrogens with two attached hydrogens (primary N) is 1. The van der Waals surface area contributed by atoms with Gasteiger partial charge in [0.1, 0.15) is 12.1 Å². The predicted octanol–water partition coefficient (Wildman–Crippen LogP) is 0.787. The number of ether oxygens (including phenoxy) is 1. The quantitative estimate of drug-likeness (QED) is 0.122. The summed E-state index contributed by atoms with van der Waals surface area (Å²) in [6.45, 7) is 5.64. The second-order valence-corrected chi connectivity index (χ2v) is 13.6. The molecule has 2 fully saturated rings. The van der Waals surface area contributed by atoms with Crippen LogP contribution < -0.4 is 15.8 Å². The molecular formula is C30H46N6O7S. The molecule has 13 nitrogen and oxygen atoms in total. The number of guanidine groups is 1. The average molecular weight is 635 g/mol. The van der Waals surface area contributed by atoms with E-state index in [-0.39, 0.29) is 55.0 Å². The first-order valence-electron chi connectivity index (χ1n) is 15.2.